The number of amides is 1. The van der Waals surface area contributed by atoms with Crippen molar-refractivity contribution in [1.29, 1.82) is 0 Å². The minimum absolute atomic E-state index is 0.0354. The topological polar surface area (TPSA) is 67.6 Å². The molecule has 0 aromatic heterocycles. The molecule has 1 fully saturated rings. The average molecular weight is 367 g/mol. The van der Waals surface area contributed by atoms with Crippen molar-refractivity contribution >= 4 is 23.0 Å². The first-order valence-corrected chi connectivity index (χ1v) is 9.60. The second-order valence-corrected chi connectivity index (χ2v) is 7.40. The van der Waals surface area contributed by atoms with Gasteiger partial charge in [-0.15, -0.1) is 0 Å². The summed E-state index contributed by atoms with van der Waals surface area (Å²) in [6.07, 6.45) is 3.57. The first kappa shape index (κ1) is 19.1. The summed E-state index contributed by atoms with van der Waals surface area (Å²) in [7, 11) is 0. The van der Waals surface area contributed by atoms with Crippen LogP contribution in [-0.2, 0) is 4.79 Å². The van der Waals surface area contributed by atoms with E-state index < -0.39 is 0 Å². The lowest BCUT2D eigenvalue weighted by atomic mass is 10.0. The van der Waals surface area contributed by atoms with E-state index in [1.807, 2.05) is 43.3 Å². The Kier molecular flexibility index (Phi) is 5.89. The van der Waals surface area contributed by atoms with Crippen LogP contribution in [0, 0.1) is 13.8 Å². The minimum Gasteiger partial charge on any atom is -0.484 e. The second kappa shape index (κ2) is 8.33. The number of ether oxygens (including phenoxy) is 1. The predicted molar refractivity (Wildman–Crippen MR) is 112 cm³/mol. The van der Waals surface area contributed by atoms with Gasteiger partial charge in [0.15, 0.2) is 6.61 Å². The first-order chi connectivity index (χ1) is 12.9. The van der Waals surface area contributed by atoms with Gasteiger partial charge in [0.05, 0.1) is 11.4 Å². The van der Waals surface area contributed by atoms with Gasteiger partial charge in [-0.3, -0.25) is 4.79 Å². The van der Waals surface area contributed by atoms with E-state index in [-0.39, 0.29) is 12.5 Å². The van der Waals surface area contributed by atoms with Crippen molar-refractivity contribution in [2.45, 2.75) is 46.1 Å². The smallest absolute Gasteiger partial charge is 0.262 e. The second-order valence-electron chi connectivity index (χ2n) is 7.40. The van der Waals surface area contributed by atoms with Gasteiger partial charge in [0.2, 0.25) is 0 Å². The van der Waals surface area contributed by atoms with Crippen molar-refractivity contribution in [3.8, 4) is 5.75 Å². The highest BCUT2D eigenvalue weighted by Gasteiger charge is 2.21. The SMILES string of the molecule is Cc1ccc(OCC(=O)Nc2cc(N)ccc2N2CCCCC2C)cc1C. The quantitative estimate of drug-likeness (QED) is 0.774. The normalized spacial score (nSPS) is 16.9. The summed E-state index contributed by atoms with van der Waals surface area (Å²) >= 11 is 0. The van der Waals surface area contributed by atoms with E-state index in [0.717, 1.165) is 36.3 Å². The van der Waals surface area contributed by atoms with Gasteiger partial charge in [0, 0.05) is 18.3 Å². The number of nitrogens with zero attached hydrogens (tertiary/aromatic N) is 1. The molecule has 0 bridgehead atoms. The van der Waals surface area contributed by atoms with Crippen molar-refractivity contribution in [2.24, 2.45) is 0 Å². The molecule has 1 amide bonds. The van der Waals surface area contributed by atoms with Gasteiger partial charge < -0.3 is 20.7 Å². The fourth-order valence-corrected chi connectivity index (χ4v) is 3.50. The largest absolute Gasteiger partial charge is 0.484 e. The van der Waals surface area contributed by atoms with Gasteiger partial charge in [0.25, 0.3) is 5.91 Å². The summed E-state index contributed by atoms with van der Waals surface area (Å²) < 4.78 is 5.66. The van der Waals surface area contributed by atoms with Crippen LogP contribution in [0.4, 0.5) is 17.1 Å². The zero-order valence-corrected chi connectivity index (χ0v) is 16.4. The number of nitrogen functional groups attached to an aromatic ring is 1. The predicted octanol–water partition coefficient (Wildman–Crippen LogP) is 4.28. The van der Waals surface area contributed by atoms with Gasteiger partial charge in [0.1, 0.15) is 5.75 Å². The summed E-state index contributed by atoms with van der Waals surface area (Å²) in [5.74, 6) is 0.510. The Morgan fingerprint density at radius 1 is 1.19 bits per heavy atom. The number of hydrogen-bond donors (Lipinski definition) is 2. The molecule has 1 heterocycles. The standard InChI is InChI=1S/C22H29N3O2/c1-15-7-9-19(12-16(15)2)27-14-22(26)24-20-13-18(23)8-10-21(20)25-11-5-4-6-17(25)3/h7-10,12-13,17H,4-6,11,14,23H2,1-3H3,(H,24,26). The lowest BCUT2D eigenvalue weighted by Crippen LogP contribution is -2.38. The molecule has 0 saturated carbocycles. The van der Waals surface area contributed by atoms with E-state index >= 15 is 0 Å². The molecule has 3 rings (SSSR count). The van der Waals surface area contributed by atoms with Crippen LogP contribution in [0.15, 0.2) is 36.4 Å². The molecule has 3 N–H and O–H groups in total. The average Bonchev–Trinajstić information content (AvgIpc) is 2.64. The number of carbonyl (C=O) groups is 1. The Labute approximate surface area is 161 Å². The van der Waals surface area contributed by atoms with Crippen LogP contribution in [0.2, 0.25) is 0 Å². The molecule has 5 heteroatoms. The van der Waals surface area contributed by atoms with Crippen LogP contribution in [0.3, 0.4) is 0 Å². The van der Waals surface area contributed by atoms with E-state index in [1.54, 1.807) is 0 Å². The Morgan fingerprint density at radius 3 is 2.74 bits per heavy atom. The number of piperidine rings is 1. The van der Waals surface area contributed by atoms with Crippen LogP contribution in [0.5, 0.6) is 5.75 Å². The lowest BCUT2D eigenvalue weighted by molar-refractivity contribution is -0.118. The minimum atomic E-state index is -0.190. The molecular formula is C22H29N3O2. The van der Waals surface area contributed by atoms with Crippen molar-refractivity contribution in [3.05, 3.63) is 47.5 Å². The van der Waals surface area contributed by atoms with E-state index in [9.17, 15) is 4.79 Å². The Hall–Kier alpha value is -2.69. The fourth-order valence-electron chi connectivity index (χ4n) is 3.50. The highest BCUT2D eigenvalue weighted by Crippen LogP contribution is 2.33. The molecule has 5 nitrogen and oxygen atoms in total. The summed E-state index contributed by atoms with van der Waals surface area (Å²) in [4.78, 5) is 14.8. The molecule has 2 aromatic rings. The molecule has 144 valence electrons. The lowest BCUT2D eigenvalue weighted by Gasteiger charge is -2.36. The number of nitrogens with two attached hydrogens (primary N) is 1. The number of aryl methyl sites for hydroxylation is 2. The zero-order valence-electron chi connectivity index (χ0n) is 16.4. The fraction of sp³-hybridized carbons (Fsp3) is 0.409. The number of benzene rings is 2. The maximum Gasteiger partial charge on any atom is 0.262 e. The molecule has 0 aliphatic carbocycles. The van der Waals surface area contributed by atoms with Gasteiger partial charge in [-0.1, -0.05) is 6.07 Å². The van der Waals surface area contributed by atoms with Crippen LogP contribution in [0.25, 0.3) is 0 Å². The van der Waals surface area contributed by atoms with Gasteiger partial charge in [-0.25, -0.2) is 0 Å². The highest BCUT2D eigenvalue weighted by molar-refractivity contribution is 5.96. The molecule has 1 aliphatic rings. The highest BCUT2D eigenvalue weighted by atomic mass is 16.5. The van der Waals surface area contributed by atoms with E-state index in [4.69, 9.17) is 10.5 Å². The monoisotopic (exact) mass is 367 g/mol. The summed E-state index contributed by atoms with van der Waals surface area (Å²) in [5, 5.41) is 2.98. The molecule has 1 atom stereocenters. The third kappa shape index (κ3) is 4.73. The molecule has 0 radical (unpaired) electrons. The third-order valence-electron chi connectivity index (χ3n) is 5.26. The summed E-state index contributed by atoms with van der Waals surface area (Å²) in [6, 6.07) is 12.0. The van der Waals surface area contributed by atoms with Crippen LogP contribution in [0.1, 0.15) is 37.3 Å². The summed E-state index contributed by atoms with van der Waals surface area (Å²) in [6.45, 7) is 7.26. The van der Waals surface area contributed by atoms with Gasteiger partial charge in [-0.2, -0.15) is 0 Å². The van der Waals surface area contributed by atoms with Crippen LogP contribution in [-0.4, -0.2) is 25.1 Å². The van der Waals surface area contributed by atoms with E-state index in [2.05, 4.69) is 24.1 Å². The Morgan fingerprint density at radius 2 is 2.00 bits per heavy atom. The van der Waals surface area contributed by atoms with Crippen LogP contribution < -0.4 is 20.7 Å². The number of rotatable bonds is 5. The van der Waals surface area contributed by atoms with E-state index in [0.29, 0.717) is 17.5 Å². The Balaban J connectivity index is 1.69. The number of hydrogen-bond acceptors (Lipinski definition) is 4. The molecule has 1 saturated heterocycles. The number of anilines is 3. The van der Waals surface area contributed by atoms with Gasteiger partial charge in [-0.05, 0) is 81.5 Å². The maximum atomic E-state index is 12.5. The van der Waals surface area contributed by atoms with Crippen molar-refractivity contribution in [3.63, 3.8) is 0 Å². The first-order valence-electron chi connectivity index (χ1n) is 9.60. The van der Waals surface area contributed by atoms with Crippen molar-refractivity contribution < 1.29 is 9.53 Å². The third-order valence-corrected chi connectivity index (χ3v) is 5.26. The number of nitrogens with one attached hydrogen (secondary N) is 1. The van der Waals surface area contributed by atoms with Crippen LogP contribution >= 0.6 is 0 Å². The molecule has 0 spiro atoms. The van der Waals surface area contributed by atoms with Crippen molar-refractivity contribution in [2.75, 3.05) is 29.1 Å². The van der Waals surface area contributed by atoms with Gasteiger partial charge >= 0.3 is 0 Å². The van der Waals surface area contributed by atoms with E-state index in [1.165, 1.54) is 12.0 Å². The molecule has 1 aliphatic heterocycles. The molecule has 1 unspecified atom stereocenters. The molecule has 2 aromatic carbocycles. The maximum absolute atomic E-state index is 12.5. The summed E-state index contributed by atoms with van der Waals surface area (Å²) in [5.41, 5.74) is 10.7. The number of carbonyl (C=O) groups excluding carboxylic acids is 1. The molecule has 27 heavy (non-hydrogen) atoms. The van der Waals surface area contributed by atoms with Crippen molar-refractivity contribution in [1.82, 2.24) is 0 Å². The molecular weight excluding hydrogens is 338 g/mol. The zero-order chi connectivity index (χ0) is 19.4. The Bertz CT molecular complexity index is 819.